The van der Waals surface area contributed by atoms with E-state index in [1.165, 1.54) is 0 Å². The molecular formula is C12H11ClF3N3O2S. The molecule has 0 aliphatic rings. The highest BCUT2D eigenvalue weighted by atomic mass is 35.5. The lowest BCUT2D eigenvalue weighted by Gasteiger charge is -2.09. The topological polar surface area (TPSA) is 56.5 Å². The number of fused-ring (bicyclic) bond motifs is 1. The van der Waals surface area contributed by atoms with Gasteiger partial charge in [-0.3, -0.25) is 9.20 Å². The summed E-state index contributed by atoms with van der Waals surface area (Å²) in [4.78, 5) is 11.5. The first kappa shape index (κ1) is 16.9. The third-order valence-corrected chi connectivity index (χ3v) is 3.64. The predicted molar refractivity (Wildman–Crippen MR) is 75.0 cm³/mol. The van der Waals surface area contributed by atoms with Crippen molar-refractivity contribution in [2.24, 2.45) is 0 Å². The van der Waals surface area contributed by atoms with Crippen LogP contribution in [-0.2, 0) is 15.7 Å². The van der Waals surface area contributed by atoms with Gasteiger partial charge in [-0.1, -0.05) is 23.4 Å². The van der Waals surface area contributed by atoms with Gasteiger partial charge in [0, 0.05) is 6.20 Å². The number of pyridine rings is 1. The van der Waals surface area contributed by atoms with Gasteiger partial charge >= 0.3 is 12.1 Å². The maximum Gasteiger partial charge on any atom is 0.417 e. The SMILES string of the molecule is CC(C)OC(=O)CSc1nnc2c(Cl)cc(C(F)(F)F)cn12. The van der Waals surface area contributed by atoms with E-state index in [1.54, 1.807) is 13.8 Å². The van der Waals surface area contributed by atoms with Gasteiger partial charge in [0.25, 0.3) is 0 Å². The number of nitrogens with zero attached hydrogens (tertiary/aromatic N) is 3. The molecule has 0 amide bonds. The summed E-state index contributed by atoms with van der Waals surface area (Å²) in [6.45, 7) is 3.40. The van der Waals surface area contributed by atoms with Crippen molar-refractivity contribution >= 4 is 35.0 Å². The molecule has 0 unspecified atom stereocenters. The molecule has 0 bridgehead atoms. The van der Waals surface area contributed by atoms with Crippen LogP contribution in [0.3, 0.4) is 0 Å². The Morgan fingerprint density at radius 3 is 2.73 bits per heavy atom. The Morgan fingerprint density at radius 1 is 1.45 bits per heavy atom. The number of carbonyl (C=O) groups is 1. The lowest BCUT2D eigenvalue weighted by molar-refractivity contribution is -0.144. The zero-order valence-electron chi connectivity index (χ0n) is 11.5. The van der Waals surface area contributed by atoms with Gasteiger partial charge in [0.1, 0.15) is 0 Å². The van der Waals surface area contributed by atoms with Crippen LogP contribution in [0.5, 0.6) is 0 Å². The van der Waals surface area contributed by atoms with Crippen molar-refractivity contribution in [3.63, 3.8) is 0 Å². The summed E-state index contributed by atoms with van der Waals surface area (Å²) in [5.41, 5.74) is -0.828. The first-order valence-electron chi connectivity index (χ1n) is 6.12. The Bertz CT molecular complexity index is 703. The first-order chi connectivity index (χ1) is 10.2. The van der Waals surface area contributed by atoms with Crippen LogP contribution in [0.25, 0.3) is 5.65 Å². The van der Waals surface area contributed by atoms with E-state index in [0.717, 1.165) is 28.4 Å². The molecular weight excluding hydrogens is 343 g/mol. The number of thioether (sulfide) groups is 1. The van der Waals surface area contributed by atoms with Crippen molar-refractivity contribution in [1.29, 1.82) is 0 Å². The molecule has 5 nitrogen and oxygen atoms in total. The largest absolute Gasteiger partial charge is 0.462 e. The van der Waals surface area contributed by atoms with Crippen LogP contribution in [-0.4, -0.2) is 32.4 Å². The Kier molecular flexibility index (Phi) is 4.86. The second kappa shape index (κ2) is 6.33. The predicted octanol–water partition coefficient (Wildman–Crippen LogP) is 3.45. The number of aromatic nitrogens is 3. The van der Waals surface area contributed by atoms with E-state index >= 15 is 0 Å². The minimum absolute atomic E-state index is 0.0904. The summed E-state index contributed by atoms with van der Waals surface area (Å²) >= 11 is 6.71. The highest BCUT2D eigenvalue weighted by Gasteiger charge is 2.32. The van der Waals surface area contributed by atoms with Gasteiger partial charge in [0.15, 0.2) is 10.8 Å². The summed E-state index contributed by atoms with van der Waals surface area (Å²) in [5, 5.41) is 7.43. The Labute approximate surface area is 132 Å². The van der Waals surface area contributed by atoms with Gasteiger partial charge in [-0.25, -0.2) is 0 Å². The van der Waals surface area contributed by atoms with Crippen LogP contribution in [0.1, 0.15) is 19.4 Å². The van der Waals surface area contributed by atoms with Crippen molar-refractivity contribution in [2.45, 2.75) is 31.3 Å². The zero-order valence-corrected chi connectivity index (χ0v) is 13.1. The molecule has 22 heavy (non-hydrogen) atoms. The molecule has 0 saturated carbocycles. The molecule has 0 atom stereocenters. The van der Waals surface area contributed by atoms with Crippen LogP contribution in [0.15, 0.2) is 17.4 Å². The Hall–Kier alpha value is -1.48. The fourth-order valence-corrected chi connectivity index (χ4v) is 2.55. The second-order valence-corrected chi connectivity index (χ2v) is 5.93. The van der Waals surface area contributed by atoms with E-state index in [9.17, 15) is 18.0 Å². The molecule has 10 heteroatoms. The number of halogens is 4. The highest BCUT2D eigenvalue weighted by Crippen LogP contribution is 2.33. The minimum atomic E-state index is -4.54. The molecule has 0 radical (unpaired) electrons. The lowest BCUT2D eigenvalue weighted by Crippen LogP contribution is -2.13. The summed E-state index contributed by atoms with van der Waals surface area (Å²) in [5.74, 6) is -0.581. The van der Waals surface area contributed by atoms with E-state index < -0.39 is 17.7 Å². The Balaban J connectivity index is 2.28. The zero-order chi connectivity index (χ0) is 16.5. The maximum absolute atomic E-state index is 12.8. The van der Waals surface area contributed by atoms with Crippen LogP contribution in [0, 0.1) is 0 Å². The van der Waals surface area contributed by atoms with Crippen LogP contribution in [0.4, 0.5) is 13.2 Å². The third-order valence-electron chi connectivity index (χ3n) is 2.44. The molecule has 0 aliphatic carbocycles. The quantitative estimate of drug-likeness (QED) is 0.622. The molecule has 2 aromatic heterocycles. The molecule has 2 aromatic rings. The normalized spacial score (nSPS) is 12.1. The summed E-state index contributed by atoms with van der Waals surface area (Å²) < 4.78 is 44.4. The molecule has 0 aromatic carbocycles. The number of hydrogen-bond acceptors (Lipinski definition) is 5. The number of carbonyl (C=O) groups excluding carboxylic acids is 1. The monoisotopic (exact) mass is 353 g/mol. The standard InChI is InChI=1S/C12H11ClF3N3O2S/c1-6(2)21-9(20)5-22-11-18-17-10-8(13)3-7(4-19(10)11)12(14,15)16/h3-4,6H,5H2,1-2H3. The smallest absolute Gasteiger partial charge is 0.417 e. The van der Waals surface area contributed by atoms with E-state index in [-0.39, 0.29) is 27.7 Å². The maximum atomic E-state index is 12.8. The van der Waals surface area contributed by atoms with Gasteiger partial charge in [0.2, 0.25) is 0 Å². The van der Waals surface area contributed by atoms with E-state index in [2.05, 4.69) is 10.2 Å². The van der Waals surface area contributed by atoms with Crippen molar-refractivity contribution < 1.29 is 22.7 Å². The fourth-order valence-electron chi connectivity index (χ4n) is 1.61. The van der Waals surface area contributed by atoms with Gasteiger partial charge < -0.3 is 4.74 Å². The fraction of sp³-hybridized carbons (Fsp3) is 0.417. The number of rotatable bonds is 4. The molecule has 0 aliphatic heterocycles. The van der Waals surface area contributed by atoms with Crippen molar-refractivity contribution in [1.82, 2.24) is 14.6 Å². The van der Waals surface area contributed by atoms with Crippen LogP contribution >= 0.6 is 23.4 Å². The highest BCUT2D eigenvalue weighted by molar-refractivity contribution is 7.99. The molecule has 0 fully saturated rings. The first-order valence-corrected chi connectivity index (χ1v) is 7.48. The summed E-state index contributed by atoms with van der Waals surface area (Å²) in [7, 11) is 0. The third kappa shape index (κ3) is 3.83. The van der Waals surface area contributed by atoms with Crippen molar-refractivity contribution in [2.75, 3.05) is 5.75 Å². The second-order valence-electron chi connectivity index (χ2n) is 4.58. The van der Waals surface area contributed by atoms with E-state index in [4.69, 9.17) is 16.3 Å². The van der Waals surface area contributed by atoms with Gasteiger partial charge in [-0.2, -0.15) is 13.2 Å². The van der Waals surface area contributed by atoms with Gasteiger partial charge in [0.05, 0.1) is 22.4 Å². The molecule has 2 rings (SSSR count). The van der Waals surface area contributed by atoms with Crippen molar-refractivity contribution in [3.05, 3.63) is 22.8 Å². The van der Waals surface area contributed by atoms with Gasteiger partial charge in [-0.05, 0) is 19.9 Å². The minimum Gasteiger partial charge on any atom is -0.462 e. The van der Waals surface area contributed by atoms with Crippen LogP contribution < -0.4 is 0 Å². The number of alkyl halides is 3. The lowest BCUT2D eigenvalue weighted by atomic mass is 10.3. The molecule has 2 heterocycles. The molecule has 0 N–H and O–H groups in total. The average molecular weight is 354 g/mol. The molecule has 0 saturated heterocycles. The van der Waals surface area contributed by atoms with Crippen molar-refractivity contribution in [3.8, 4) is 0 Å². The van der Waals surface area contributed by atoms with E-state index in [0.29, 0.717) is 0 Å². The Morgan fingerprint density at radius 2 is 2.14 bits per heavy atom. The van der Waals surface area contributed by atoms with E-state index in [1.807, 2.05) is 0 Å². The number of ether oxygens (including phenoxy) is 1. The summed E-state index contributed by atoms with van der Waals surface area (Å²) in [6.07, 6.45) is -3.97. The summed E-state index contributed by atoms with van der Waals surface area (Å²) in [6, 6.07) is 0.785. The molecule has 0 spiro atoms. The molecule has 120 valence electrons. The van der Waals surface area contributed by atoms with Crippen LogP contribution in [0.2, 0.25) is 5.02 Å². The number of hydrogen-bond donors (Lipinski definition) is 0. The average Bonchev–Trinajstić information content (AvgIpc) is 2.78. The van der Waals surface area contributed by atoms with Gasteiger partial charge in [-0.15, -0.1) is 10.2 Å². The number of esters is 1.